The fraction of sp³-hybridized carbons (Fsp3) is 0.542. The number of nitrogens with zero attached hydrogens (tertiary/aromatic N) is 1. The Kier molecular flexibility index (Phi) is 8.18. The predicted molar refractivity (Wildman–Crippen MR) is 120 cm³/mol. The normalized spacial score (nSPS) is 14.5. The van der Waals surface area contributed by atoms with Crippen molar-refractivity contribution < 1.29 is 41.7 Å². The molecule has 35 heavy (non-hydrogen) atoms. The number of nitrogens with one attached hydrogen (secondary N) is 1. The summed E-state index contributed by atoms with van der Waals surface area (Å²) in [4.78, 5) is 28.7. The maximum Gasteiger partial charge on any atom is 0.408 e. The van der Waals surface area contributed by atoms with Crippen LogP contribution in [0, 0.1) is 11.8 Å². The van der Waals surface area contributed by atoms with Crippen molar-refractivity contribution in [2.24, 2.45) is 11.8 Å². The van der Waals surface area contributed by atoms with E-state index in [1.807, 2.05) is 0 Å². The van der Waals surface area contributed by atoms with Gasteiger partial charge in [-0.2, -0.15) is 8.78 Å². The lowest BCUT2D eigenvalue weighted by atomic mass is 9.94. The summed E-state index contributed by atoms with van der Waals surface area (Å²) < 4.78 is 53.3. The molecular weight excluding hydrogens is 466 g/mol. The summed E-state index contributed by atoms with van der Waals surface area (Å²) >= 11 is 0. The molecule has 1 aromatic heterocycles. The zero-order valence-electron chi connectivity index (χ0n) is 20.3. The molecular formula is C24H30F2N2O7. The zero-order chi connectivity index (χ0) is 25.8. The van der Waals surface area contributed by atoms with Gasteiger partial charge in [-0.15, -0.1) is 0 Å². The minimum atomic E-state index is -3.20. The molecule has 1 N–H and O–H groups in total. The van der Waals surface area contributed by atoms with Gasteiger partial charge in [-0.1, -0.05) is 13.8 Å². The molecule has 0 radical (unpaired) electrons. The number of amides is 1. The Bertz CT molecular complexity index is 1020. The van der Waals surface area contributed by atoms with Crippen molar-refractivity contribution in [1.82, 2.24) is 10.3 Å². The molecule has 1 heterocycles. The second-order valence-electron chi connectivity index (χ2n) is 9.58. The molecule has 0 unspecified atom stereocenters. The van der Waals surface area contributed by atoms with Crippen molar-refractivity contribution in [1.29, 1.82) is 0 Å². The molecule has 192 valence electrons. The molecule has 0 saturated heterocycles. The van der Waals surface area contributed by atoms with E-state index in [1.54, 1.807) is 34.6 Å². The van der Waals surface area contributed by atoms with Crippen LogP contribution < -0.4 is 19.5 Å². The number of aromatic nitrogens is 1. The predicted octanol–water partition coefficient (Wildman–Crippen LogP) is 5.51. The number of alkyl halides is 2. The lowest BCUT2D eigenvalue weighted by molar-refractivity contribution is -0.0526. The lowest BCUT2D eigenvalue weighted by Gasteiger charge is -2.28. The average molecular weight is 497 g/mol. The molecule has 0 aliphatic heterocycles. The maximum absolute atomic E-state index is 13.5. The van der Waals surface area contributed by atoms with E-state index in [4.69, 9.17) is 23.4 Å². The van der Waals surface area contributed by atoms with E-state index in [0.717, 1.165) is 25.5 Å². The van der Waals surface area contributed by atoms with Gasteiger partial charge in [0.25, 0.3) is 0 Å². The standard InChI is InChI=1S/C24H30F2N2O7/c1-13(2)18(28-23(30)35-24(3,4)5)15-8-9-17(33-21(29)16-11-31-12-27-16)20(19(15)34-22(25)26)32-10-14-6-7-14/h8-9,11-14,18,22H,6-7,10H2,1-5H3,(H,28,30)/t18-/m0/s1. The highest BCUT2D eigenvalue weighted by molar-refractivity contribution is 5.89. The molecule has 1 saturated carbocycles. The van der Waals surface area contributed by atoms with Gasteiger partial charge in [-0.05, 0) is 57.6 Å². The van der Waals surface area contributed by atoms with Crippen LogP contribution in [0.1, 0.15) is 69.6 Å². The van der Waals surface area contributed by atoms with Crippen LogP contribution in [-0.2, 0) is 4.74 Å². The summed E-state index contributed by atoms with van der Waals surface area (Å²) in [6, 6.07) is 2.07. The summed E-state index contributed by atoms with van der Waals surface area (Å²) in [6.45, 7) is 5.77. The molecule has 0 spiro atoms. The minimum Gasteiger partial charge on any atom is -0.486 e. The number of halogens is 2. The quantitative estimate of drug-likeness (QED) is 0.339. The van der Waals surface area contributed by atoms with Crippen LogP contribution in [0.4, 0.5) is 13.6 Å². The molecule has 1 aromatic carbocycles. The van der Waals surface area contributed by atoms with Gasteiger partial charge in [-0.3, -0.25) is 0 Å². The number of carbonyl (C=O) groups is 2. The summed E-state index contributed by atoms with van der Waals surface area (Å²) in [6.07, 6.45) is 3.31. The van der Waals surface area contributed by atoms with Gasteiger partial charge in [0.15, 0.2) is 23.6 Å². The van der Waals surface area contributed by atoms with Crippen molar-refractivity contribution >= 4 is 12.1 Å². The number of carbonyl (C=O) groups excluding carboxylic acids is 2. The molecule has 0 bridgehead atoms. The number of rotatable bonds is 10. The highest BCUT2D eigenvalue weighted by atomic mass is 19.3. The van der Waals surface area contributed by atoms with E-state index >= 15 is 0 Å². The number of hydrogen-bond donors (Lipinski definition) is 1. The van der Waals surface area contributed by atoms with Crippen LogP contribution in [0.25, 0.3) is 0 Å². The lowest BCUT2D eigenvalue weighted by Crippen LogP contribution is -2.37. The Morgan fingerprint density at radius 1 is 1.20 bits per heavy atom. The summed E-state index contributed by atoms with van der Waals surface area (Å²) in [5.74, 6) is -1.47. The van der Waals surface area contributed by atoms with Gasteiger partial charge in [0, 0.05) is 5.56 Å². The van der Waals surface area contributed by atoms with Gasteiger partial charge in [-0.25, -0.2) is 14.6 Å². The van der Waals surface area contributed by atoms with Crippen LogP contribution in [0.2, 0.25) is 0 Å². The van der Waals surface area contributed by atoms with E-state index in [0.29, 0.717) is 0 Å². The highest BCUT2D eigenvalue weighted by Gasteiger charge is 2.32. The molecule has 1 fully saturated rings. The van der Waals surface area contributed by atoms with Crippen molar-refractivity contribution in [3.05, 3.63) is 36.0 Å². The van der Waals surface area contributed by atoms with Crippen molar-refractivity contribution in [2.75, 3.05) is 6.61 Å². The van der Waals surface area contributed by atoms with Gasteiger partial charge in [0.05, 0.1) is 12.6 Å². The van der Waals surface area contributed by atoms with Gasteiger partial charge < -0.3 is 28.7 Å². The number of benzene rings is 1. The summed E-state index contributed by atoms with van der Waals surface area (Å²) in [5.41, 5.74) is -0.644. The first kappa shape index (κ1) is 26.2. The average Bonchev–Trinajstić information content (AvgIpc) is 3.39. The minimum absolute atomic E-state index is 0.106. The van der Waals surface area contributed by atoms with E-state index in [2.05, 4.69) is 10.3 Å². The third-order valence-electron chi connectivity index (χ3n) is 4.99. The maximum atomic E-state index is 13.5. The molecule has 2 aromatic rings. The van der Waals surface area contributed by atoms with Crippen LogP contribution in [0.3, 0.4) is 0 Å². The molecule has 1 aliphatic carbocycles. The zero-order valence-corrected chi connectivity index (χ0v) is 20.3. The Hall–Kier alpha value is -3.37. The SMILES string of the molecule is CC(C)[C@H](NC(=O)OC(C)(C)C)c1ccc(OC(=O)c2cocn2)c(OCC2CC2)c1OC(F)F. The Labute approximate surface area is 202 Å². The van der Waals surface area contributed by atoms with Gasteiger partial charge in [0.2, 0.25) is 5.75 Å². The van der Waals surface area contributed by atoms with Crippen LogP contribution in [0.15, 0.2) is 29.2 Å². The first-order valence-corrected chi connectivity index (χ1v) is 11.3. The third-order valence-corrected chi connectivity index (χ3v) is 4.99. The second-order valence-corrected chi connectivity index (χ2v) is 9.58. The van der Waals surface area contributed by atoms with Crippen molar-refractivity contribution in [3.63, 3.8) is 0 Å². The number of oxazole rings is 1. The van der Waals surface area contributed by atoms with Crippen molar-refractivity contribution in [3.8, 4) is 17.2 Å². The fourth-order valence-corrected chi connectivity index (χ4v) is 3.22. The fourth-order valence-electron chi connectivity index (χ4n) is 3.22. The molecule has 11 heteroatoms. The smallest absolute Gasteiger partial charge is 0.408 e. The summed E-state index contributed by atoms with van der Waals surface area (Å²) in [7, 11) is 0. The topological polar surface area (TPSA) is 109 Å². The Morgan fingerprint density at radius 2 is 1.91 bits per heavy atom. The van der Waals surface area contributed by atoms with Crippen LogP contribution >= 0.6 is 0 Å². The molecule has 1 amide bonds. The molecule has 9 nitrogen and oxygen atoms in total. The number of ether oxygens (including phenoxy) is 4. The molecule has 1 atom stereocenters. The largest absolute Gasteiger partial charge is 0.486 e. The number of hydrogen-bond acceptors (Lipinski definition) is 8. The number of alkyl carbamates (subject to hydrolysis) is 1. The number of esters is 1. The van der Waals surface area contributed by atoms with Crippen LogP contribution in [-0.4, -0.2) is 35.9 Å². The van der Waals surface area contributed by atoms with E-state index in [1.165, 1.54) is 12.1 Å². The van der Waals surface area contributed by atoms with E-state index in [-0.39, 0.29) is 46.9 Å². The Balaban J connectivity index is 2.02. The van der Waals surface area contributed by atoms with Gasteiger partial charge in [0.1, 0.15) is 11.9 Å². The Morgan fingerprint density at radius 3 is 2.46 bits per heavy atom. The molecule has 1 aliphatic rings. The molecule has 3 rings (SSSR count). The first-order valence-electron chi connectivity index (χ1n) is 11.3. The van der Waals surface area contributed by atoms with Gasteiger partial charge >= 0.3 is 18.7 Å². The monoisotopic (exact) mass is 496 g/mol. The van der Waals surface area contributed by atoms with E-state index in [9.17, 15) is 18.4 Å². The van der Waals surface area contributed by atoms with Crippen molar-refractivity contribution in [2.45, 2.75) is 65.7 Å². The summed E-state index contributed by atoms with van der Waals surface area (Å²) in [5, 5.41) is 2.72. The first-order chi connectivity index (χ1) is 16.4. The highest BCUT2D eigenvalue weighted by Crippen LogP contribution is 2.46. The third kappa shape index (κ3) is 7.56. The van der Waals surface area contributed by atoms with Crippen LogP contribution in [0.5, 0.6) is 17.2 Å². The van der Waals surface area contributed by atoms with E-state index < -0.39 is 30.3 Å². The second kappa shape index (κ2) is 10.9.